The summed E-state index contributed by atoms with van der Waals surface area (Å²) in [6.45, 7) is 3.17. The standard InChI is InChI=1S/C15H21N3O/c1-3-8-16-14(11-15-17-9-10-18-15)12-4-6-13(19-2)7-5-12/h4-7,9-10,14,16H,3,8,11H2,1-2H3,(H,17,18). The first-order chi connectivity index (χ1) is 9.33. The number of ether oxygens (including phenoxy) is 1. The molecule has 4 heteroatoms. The lowest BCUT2D eigenvalue weighted by molar-refractivity contribution is 0.414. The molecule has 1 heterocycles. The Balaban J connectivity index is 2.10. The summed E-state index contributed by atoms with van der Waals surface area (Å²) >= 11 is 0. The predicted octanol–water partition coefficient (Wildman–Crippen LogP) is 2.70. The Hall–Kier alpha value is -1.81. The normalized spacial score (nSPS) is 12.3. The molecule has 0 radical (unpaired) electrons. The van der Waals surface area contributed by atoms with E-state index in [1.165, 1.54) is 5.56 Å². The highest BCUT2D eigenvalue weighted by Gasteiger charge is 2.12. The van der Waals surface area contributed by atoms with Crippen molar-refractivity contribution >= 4 is 0 Å². The molecule has 1 atom stereocenters. The summed E-state index contributed by atoms with van der Waals surface area (Å²) in [5, 5.41) is 3.56. The molecule has 1 aromatic heterocycles. The fourth-order valence-electron chi connectivity index (χ4n) is 2.07. The van der Waals surface area contributed by atoms with Gasteiger partial charge in [0.25, 0.3) is 0 Å². The Labute approximate surface area is 114 Å². The lowest BCUT2D eigenvalue weighted by Gasteiger charge is -2.18. The summed E-state index contributed by atoms with van der Waals surface area (Å²) in [6.07, 6.45) is 5.63. The molecule has 1 aromatic carbocycles. The molecule has 2 aromatic rings. The number of hydrogen-bond donors (Lipinski definition) is 2. The molecule has 0 bridgehead atoms. The predicted molar refractivity (Wildman–Crippen MR) is 76.3 cm³/mol. The Morgan fingerprint density at radius 1 is 1.32 bits per heavy atom. The number of hydrogen-bond acceptors (Lipinski definition) is 3. The van der Waals surface area contributed by atoms with Crippen LogP contribution in [0.3, 0.4) is 0 Å². The minimum absolute atomic E-state index is 0.275. The van der Waals surface area contributed by atoms with Gasteiger partial charge in [0.15, 0.2) is 0 Å². The molecule has 0 saturated carbocycles. The zero-order chi connectivity index (χ0) is 13.5. The lowest BCUT2D eigenvalue weighted by Crippen LogP contribution is -2.24. The molecule has 2 N–H and O–H groups in total. The van der Waals surface area contributed by atoms with Crippen molar-refractivity contribution in [2.45, 2.75) is 25.8 Å². The van der Waals surface area contributed by atoms with Crippen LogP contribution in [0.2, 0.25) is 0 Å². The van der Waals surface area contributed by atoms with E-state index < -0.39 is 0 Å². The van der Waals surface area contributed by atoms with E-state index in [2.05, 4.69) is 34.3 Å². The fraction of sp³-hybridized carbons (Fsp3) is 0.400. The largest absolute Gasteiger partial charge is 0.497 e. The van der Waals surface area contributed by atoms with E-state index in [1.54, 1.807) is 13.3 Å². The minimum atomic E-state index is 0.275. The van der Waals surface area contributed by atoms with Crippen LogP contribution in [-0.2, 0) is 6.42 Å². The topological polar surface area (TPSA) is 49.9 Å². The maximum Gasteiger partial charge on any atom is 0.118 e. The van der Waals surface area contributed by atoms with Crippen molar-refractivity contribution in [1.29, 1.82) is 0 Å². The number of aromatic nitrogens is 2. The number of aromatic amines is 1. The van der Waals surface area contributed by atoms with E-state index >= 15 is 0 Å². The van der Waals surface area contributed by atoms with Gasteiger partial charge < -0.3 is 15.0 Å². The molecule has 2 rings (SSSR count). The second-order valence-corrected chi connectivity index (χ2v) is 4.52. The van der Waals surface area contributed by atoms with Crippen molar-refractivity contribution in [1.82, 2.24) is 15.3 Å². The summed E-state index contributed by atoms with van der Waals surface area (Å²) < 4.78 is 5.20. The molecule has 0 aliphatic heterocycles. The van der Waals surface area contributed by atoms with Crippen LogP contribution in [-0.4, -0.2) is 23.6 Å². The molecule has 0 saturated heterocycles. The van der Waals surface area contributed by atoms with Crippen LogP contribution in [0, 0.1) is 0 Å². The number of nitrogens with zero attached hydrogens (tertiary/aromatic N) is 1. The highest BCUT2D eigenvalue weighted by atomic mass is 16.5. The molecule has 19 heavy (non-hydrogen) atoms. The first-order valence-corrected chi connectivity index (χ1v) is 6.69. The third-order valence-electron chi connectivity index (χ3n) is 3.11. The Kier molecular flexibility index (Phi) is 4.98. The third kappa shape index (κ3) is 3.83. The Morgan fingerprint density at radius 2 is 2.11 bits per heavy atom. The molecule has 0 amide bonds. The van der Waals surface area contributed by atoms with E-state index in [0.29, 0.717) is 0 Å². The summed E-state index contributed by atoms with van der Waals surface area (Å²) in [5.74, 6) is 1.89. The molecule has 1 unspecified atom stereocenters. The maximum atomic E-state index is 5.20. The van der Waals surface area contributed by atoms with Crippen molar-refractivity contribution in [3.05, 3.63) is 48.0 Å². The van der Waals surface area contributed by atoms with Gasteiger partial charge in [-0.05, 0) is 30.7 Å². The first kappa shape index (κ1) is 13.6. The SMILES string of the molecule is CCCNC(Cc1ncc[nH]1)c1ccc(OC)cc1. The van der Waals surface area contributed by atoms with Gasteiger partial charge >= 0.3 is 0 Å². The monoisotopic (exact) mass is 259 g/mol. The van der Waals surface area contributed by atoms with Gasteiger partial charge in [-0.2, -0.15) is 0 Å². The number of methoxy groups -OCH3 is 1. The summed E-state index contributed by atoms with van der Waals surface area (Å²) in [6, 6.07) is 8.48. The van der Waals surface area contributed by atoms with Gasteiger partial charge in [-0.25, -0.2) is 4.98 Å². The number of nitrogens with one attached hydrogen (secondary N) is 2. The molecule has 0 spiro atoms. The van der Waals surface area contributed by atoms with Crippen LogP contribution in [0.1, 0.15) is 30.8 Å². The van der Waals surface area contributed by atoms with E-state index in [9.17, 15) is 0 Å². The number of imidazole rings is 1. The summed E-state index contributed by atoms with van der Waals surface area (Å²) in [4.78, 5) is 7.46. The first-order valence-electron chi connectivity index (χ1n) is 6.69. The van der Waals surface area contributed by atoms with E-state index in [1.807, 2.05) is 18.3 Å². The highest BCUT2D eigenvalue weighted by Crippen LogP contribution is 2.20. The third-order valence-corrected chi connectivity index (χ3v) is 3.11. The van der Waals surface area contributed by atoms with Crippen LogP contribution in [0.25, 0.3) is 0 Å². The van der Waals surface area contributed by atoms with Gasteiger partial charge in [-0.1, -0.05) is 19.1 Å². The number of rotatable bonds is 7. The zero-order valence-electron chi connectivity index (χ0n) is 11.5. The molecular formula is C15H21N3O. The fourth-order valence-corrected chi connectivity index (χ4v) is 2.07. The van der Waals surface area contributed by atoms with Crippen LogP contribution >= 0.6 is 0 Å². The Bertz CT molecular complexity index is 465. The molecule has 0 aliphatic carbocycles. The summed E-state index contributed by atoms with van der Waals surface area (Å²) in [5.41, 5.74) is 1.26. The second kappa shape index (κ2) is 6.95. The number of H-pyrrole nitrogens is 1. The van der Waals surface area contributed by atoms with Crippen molar-refractivity contribution < 1.29 is 4.74 Å². The quantitative estimate of drug-likeness (QED) is 0.803. The second-order valence-electron chi connectivity index (χ2n) is 4.52. The van der Waals surface area contributed by atoms with Crippen LogP contribution < -0.4 is 10.1 Å². The van der Waals surface area contributed by atoms with E-state index in [4.69, 9.17) is 4.74 Å². The maximum absolute atomic E-state index is 5.20. The molecule has 4 nitrogen and oxygen atoms in total. The summed E-state index contributed by atoms with van der Waals surface area (Å²) in [7, 11) is 1.69. The average molecular weight is 259 g/mol. The smallest absolute Gasteiger partial charge is 0.118 e. The molecule has 0 fully saturated rings. The van der Waals surface area contributed by atoms with Gasteiger partial charge in [0.05, 0.1) is 7.11 Å². The Morgan fingerprint density at radius 3 is 2.68 bits per heavy atom. The van der Waals surface area contributed by atoms with Gasteiger partial charge in [0, 0.05) is 24.9 Å². The highest BCUT2D eigenvalue weighted by molar-refractivity contribution is 5.29. The minimum Gasteiger partial charge on any atom is -0.497 e. The molecule has 0 aliphatic rings. The number of benzene rings is 1. The van der Waals surface area contributed by atoms with Crippen molar-refractivity contribution in [3.8, 4) is 5.75 Å². The van der Waals surface area contributed by atoms with Crippen molar-refractivity contribution in [2.24, 2.45) is 0 Å². The van der Waals surface area contributed by atoms with Crippen molar-refractivity contribution in [2.75, 3.05) is 13.7 Å². The van der Waals surface area contributed by atoms with Gasteiger partial charge in [0.2, 0.25) is 0 Å². The van der Waals surface area contributed by atoms with Crippen molar-refractivity contribution in [3.63, 3.8) is 0 Å². The van der Waals surface area contributed by atoms with Gasteiger partial charge in [-0.15, -0.1) is 0 Å². The van der Waals surface area contributed by atoms with Crippen LogP contribution in [0.4, 0.5) is 0 Å². The molecular weight excluding hydrogens is 238 g/mol. The van der Waals surface area contributed by atoms with Gasteiger partial charge in [0.1, 0.15) is 11.6 Å². The lowest BCUT2D eigenvalue weighted by atomic mass is 10.0. The van der Waals surface area contributed by atoms with Gasteiger partial charge in [-0.3, -0.25) is 0 Å². The van der Waals surface area contributed by atoms with E-state index in [-0.39, 0.29) is 6.04 Å². The van der Waals surface area contributed by atoms with E-state index in [0.717, 1.165) is 31.0 Å². The zero-order valence-corrected chi connectivity index (χ0v) is 11.5. The van der Waals surface area contributed by atoms with Crippen LogP contribution in [0.15, 0.2) is 36.7 Å². The molecule has 102 valence electrons. The van der Waals surface area contributed by atoms with Crippen LogP contribution in [0.5, 0.6) is 5.75 Å². The average Bonchev–Trinajstić information content (AvgIpc) is 2.96.